The number of likely N-dealkylation sites (tertiary alicyclic amines) is 1. The first-order valence-corrected chi connectivity index (χ1v) is 7.63. The van der Waals surface area contributed by atoms with Gasteiger partial charge in [-0.25, -0.2) is 0 Å². The van der Waals surface area contributed by atoms with Crippen LogP contribution in [0.15, 0.2) is 12.1 Å². The van der Waals surface area contributed by atoms with E-state index in [9.17, 15) is 0 Å². The largest absolute Gasteiger partial charge is 0.326 e. The second-order valence-corrected chi connectivity index (χ2v) is 6.77. The van der Waals surface area contributed by atoms with Gasteiger partial charge >= 0.3 is 0 Å². The summed E-state index contributed by atoms with van der Waals surface area (Å²) in [6.45, 7) is 5.48. The summed E-state index contributed by atoms with van der Waals surface area (Å²) >= 11 is 1.85. The summed E-state index contributed by atoms with van der Waals surface area (Å²) < 4.78 is 0. The highest BCUT2D eigenvalue weighted by Gasteiger charge is 2.18. The van der Waals surface area contributed by atoms with Gasteiger partial charge in [-0.3, -0.25) is 0 Å². The van der Waals surface area contributed by atoms with E-state index in [2.05, 4.69) is 36.0 Å². The highest BCUT2D eigenvalue weighted by Crippen LogP contribution is 2.20. The Hall–Kier alpha value is -0.420. The Kier molecular flexibility index (Phi) is 5.18. The molecule has 0 spiro atoms. The zero-order chi connectivity index (χ0) is 13.0. The first kappa shape index (κ1) is 14.0. The molecular formula is C14H25N3S. The van der Waals surface area contributed by atoms with Crippen LogP contribution in [0.4, 0.5) is 0 Å². The Morgan fingerprint density at radius 1 is 1.33 bits per heavy atom. The Labute approximate surface area is 115 Å². The molecule has 0 radical (unpaired) electrons. The number of piperidine rings is 1. The molecule has 3 nitrogen and oxygen atoms in total. The van der Waals surface area contributed by atoms with E-state index in [4.69, 9.17) is 5.73 Å². The lowest BCUT2D eigenvalue weighted by Crippen LogP contribution is -2.35. The molecule has 4 heteroatoms. The number of nitrogens with zero attached hydrogens (tertiary/aromatic N) is 2. The minimum atomic E-state index is 0.670. The fraction of sp³-hybridized carbons (Fsp3) is 0.714. The Balaban J connectivity index is 1.76. The van der Waals surface area contributed by atoms with Crippen LogP contribution in [0, 0.1) is 5.92 Å². The van der Waals surface area contributed by atoms with Gasteiger partial charge in [0.05, 0.1) is 0 Å². The van der Waals surface area contributed by atoms with Gasteiger partial charge in [-0.1, -0.05) is 0 Å². The smallest absolute Gasteiger partial charge is 0.0325 e. The first-order chi connectivity index (χ1) is 8.67. The molecule has 1 saturated heterocycles. The maximum atomic E-state index is 5.65. The summed E-state index contributed by atoms with van der Waals surface area (Å²) in [5, 5.41) is 0. The van der Waals surface area contributed by atoms with Gasteiger partial charge in [0.1, 0.15) is 0 Å². The summed E-state index contributed by atoms with van der Waals surface area (Å²) in [4.78, 5) is 7.62. The van der Waals surface area contributed by atoms with E-state index in [0.29, 0.717) is 6.54 Å². The van der Waals surface area contributed by atoms with Crippen molar-refractivity contribution >= 4 is 11.3 Å². The monoisotopic (exact) mass is 267 g/mol. The minimum Gasteiger partial charge on any atom is -0.326 e. The van der Waals surface area contributed by atoms with Gasteiger partial charge in [-0.15, -0.1) is 11.3 Å². The molecule has 1 aromatic heterocycles. The average Bonchev–Trinajstić information content (AvgIpc) is 2.79. The minimum absolute atomic E-state index is 0.670. The zero-order valence-corrected chi connectivity index (χ0v) is 12.4. The summed E-state index contributed by atoms with van der Waals surface area (Å²) in [6.07, 6.45) is 2.69. The van der Waals surface area contributed by atoms with E-state index >= 15 is 0 Å². The molecule has 0 aromatic carbocycles. The third kappa shape index (κ3) is 4.05. The van der Waals surface area contributed by atoms with Crippen LogP contribution in [0.1, 0.15) is 22.6 Å². The second kappa shape index (κ2) is 6.66. The summed E-state index contributed by atoms with van der Waals surface area (Å²) in [6, 6.07) is 4.38. The molecule has 18 heavy (non-hydrogen) atoms. The van der Waals surface area contributed by atoms with Crippen LogP contribution in [0.3, 0.4) is 0 Å². The van der Waals surface area contributed by atoms with Crippen LogP contribution >= 0.6 is 11.3 Å². The van der Waals surface area contributed by atoms with E-state index in [1.165, 1.54) is 42.2 Å². The van der Waals surface area contributed by atoms with Crippen molar-refractivity contribution in [1.29, 1.82) is 0 Å². The fourth-order valence-electron chi connectivity index (χ4n) is 2.63. The number of rotatable bonds is 5. The molecule has 2 heterocycles. The highest BCUT2D eigenvalue weighted by atomic mass is 32.1. The third-order valence-corrected chi connectivity index (χ3v) is 4.84. The molecule has 0 unspecified atom stereocenters. The van der Waals surface area contributed by atoms with Crippen molar-refractivity contribution in [1.82, 2.24) is 9.80 Å². The SMILES string of the molecule is CN1CCC(CN(C)Cc2ccc(CN)s2)CC1. The van der Waals surface area contributed by atoms with Crippen LogP contribution in [0.25, 0.3) is 0 Å². The maximum Gasteiger partial charge on any atom is 0.0325 e. The fourth-order valence-corrected chi connectivity index (χ4v) is 3.61. The quantitative estimate of drug-likeness (QED) is 0.885. The first-order valence-electron chi connectivity index (χ1n) is 6.82. The lowest BCUT2D eigenvalue weighted by Gasteiger charge is -2.31. The molecule has 1 aromatic rings. The van der Waals surface area contributed by atoms with Crippen molar-refractivity contribution in [2.45, 2.75) is 25.9 Å². The molecule has 1 aliphatic heterocycles. The maximum absolute atomic E-state index is 5.65. The second-order valence-electron chi connectivity index (χ2n) is 5.52. The van der Waals surface area contributed by atoms with Crippen LogP contribution < -0.4 is 5.73 Å². The predicted molar refractivity (Wildman–Crippen MR) is 78.8 cm³/mol. The van der Waals surface area contributed by atoms with Gasteiger partial charge in [0.2, 0.25) is 0 Å². The van der Waals surface area contributed by atoms with Crippen molar-refractivity contribution in [3.63, 3.8) is 0 Å². The summed E-state index contributed by atoms with van der Waals surface area (Å²) in [5.74, 6) is 0.875. The lowest BCUT2D eigenvalue weighted by molar-refractivity contribution is 0.174. The van der Waals surface area contributed by atoms with Crippen molar-refractivity contribution in [3.05, 3.63) is 21.9 Å². The Morgan fingerprint density at radius 2 is 2.00 bits per heavy atom. The number of hydrogen-bond acceptors (Lipinski definition) is 4. The van der Waals surface area contributed by atoms with Crippen LogP contribution in [-0.2, 0) is 13.1 Å². The molecule has 2 N–H and O–H groups in total. The van der Waals surface area contributed by atoms with Crippen LogP contribution in [0.2, 0.25) is 0 Å². The molecule has 0 aliphatic carbocycles. The third-order valence-electron chi connectivity index (χ3n) is 3.75. The van der Waals surface area contributed by atoms with Crippen molar-refractivity contribution in [2.24, 2.45) is 11.7 Å². The Bertz CT molecular complexity index is 356. The summed E-state index contributed by atoms with van der Waals surface area (Å²) in [7, 11) is 4.46. The van der Waals surface area contributed by atoms with Crippen LogP contribution in [-0.4, -0.2) is 43.5 Å². The molecule has 102 valence electrons. The average molecular weight is 267 g/mol. The van der Waals surface area contributed by atoms with Crippen molar-refractivity contribution in [2.75, 3.05) is 33.7 Å². The van der Waals surface area contributed by atoms with Gasteiger partial charge in [0.15, 0.2) is 0 Å². The topological polar surface area (TPSA) is 32.5 Å². The lowest BCUT2D eigenvalue weighted by atomic mass is 9.97. The Morgan fingerprint density at radius 3 is 2.61 bits per heavy atom. The van der Waals surface area contributed by atoms with Crippen LogP contribution in [0.5, 0.6) is 0 Å². The zero-order valence-electron chi connectivity index (χ0n) is 11.6. The normalized spacial score (nSPS) is 18.7. The van der Waals surface area contributed by atoms with Gasteiger partial charge < -0.3 is 15.5 Å². The van der Waals surface area contributed by atoms with Gasteiger partial charge in [0.25, 0.3) is 0 Å². The molecule has 1 fully saturated rings. The standard InChI is InChI=1S/C14H25N3S/c1-16-7-5-12(6-8-16)10-17(2)11-14-4-3-13(9-15)18-14/h3-4,12H,5-11,15H2,1-2H3. The molecule has 0 atom stereocenters. The van der Waals surface area contributed by atoms with E-state index < -0.39 is 0 Å². The van der Waals surface area contributed by atoms with Gasteiger partial charge in [0, 0.05) is 29.4 Å². The van der Waals surface area contributed by atoms with E-state index in [1.54, 1.807) is 0 Å². The molecule has 0 amide bonds. The molecular weight excluding hydrogens is 242 g/mol. The number of thiophene rings is 1. The molecule has 0 bridgehead atoms. The van der Waals surface area contributed by atoms with Gasteiger partial charge in [-0.2, -0.15) is 0 Å². The predicted octanol–water partition coefficient (Wildman–Crippen LogP) is 1.98. The van der Waals surface area contributed by atoms with Gasteiger partial charge in [-0.05, 0) is 58.1 Å². The molecule has 2 rings (SSSR count). The van der Waals surface area contributed by atoms with E-state index in [1.807, 2.05) is 11.3 Å². The van der Waals surface area contributed by atoms with E-state index in [-0.39, 0.29) is 0 Å². The van der Waals surface area contributed by atoms with Crippen molar-refractivity contribution in [3.8, 4) is 0 Å². The molecule has 0 saturated carbocycles. The van der Waals surface area contributed by atoms with Crippen molar-refractivity contribution < 1.29 is 0 Å². The number of hydrogen-bond donors (Lipinski definition) is 1. The molecule has 1 aliphatic rings. The van der Waals surface area contributed by atoms with E-state index in [0.717, 1.165) is 12.5 Å². The highest BCUT2D eigenvalue weighted by molar-refractivity contribution is 7.11. The number of nitrogens with two attached hydrogens (primary N) is 1. The summed E-state index contributed by atoms with van der Waals surface area (Å²) in [5.41, 5.74) is 5.65.